The van der Waals surface area contributed by atoms with E-state index in [9.17, 15) is 0 Å². The van der Waals surface area contributed by atoms with Crippen LogP contribution >= 0.6 is 0 Å². The molecule has 0 saturated heterocycles. The molecule has 3 rings (SSSR count). The quantitative estimate of drug-likeness (QED) is 0.726. The Morgan fingerprint density at radius 2 is 1.86 bits per heavy atom. The second-order valence-electron chi connectivity index (χ2n) is 4.81. The largest absolute Gasteiger partial charge is 0.354 e. The lowest BCUT2D eigenvalue weighted by Crippen LogP contribution is -1.99. The fourth-order valence-electron chi connectivity index (χ4n) is 2.29. The van der Waals surface area contributed by atoms with Crippen molar-refractivity contribution in [3.8, 4) is 0 Å². The summed E-state index contributed by atoms with van der Waals surface area (Å²) in [6, 6.07) is 18.2. The Hall–Kier alpha value is -2.87. The number of hydrogen-bond donors (Lipinski definition) is 1. The molecule has 21 heavy (non-hydrogen) atoms. The molecule has 0 fully saturated rings. The van der Waals surface area contributed by atoms with Crippen LogP contribution < -0.4 is 5.32 Å². The van der Waals surface area contributed by atoms with Crippen molar-refractivity contribution >= 4 is 28.4 Å². The molecule has 0 aliphatic heterocycles. The maximum absolute atomic E-state index is 4.44. The first-order chi connectivity index (χ1) is 10.3. The first-order valence-corrected chi connectivity index (χ1v) is 6.80. The lowest BCUT2D eigenvalue weighted by Gasteiger charge is -2.12. The van der Waals surface area contributed by atoms with Crippen LogP contribution in [-0.2, 0) is 0 Å². The monoisotopic (exact) mass is 272 g/mol. The van der Waals surface area contributed by atoms with Gasteiger partial charge in [-0.2, -0.15) is 0 Å². The average molecular weight is 272 g/mol. The molecular formula is C19H16N2. The first kappa shape index (κ1) is 13.1. The standard InChI is InChI=1S/C19H16N2/c1-3-15-7-4-9-17(13-15)14(2)21-18-11-5-8-16-10-6-12-20-19(16)18/h3-13,21H,1-2H2. The van der Waals surface area contributed by atoms with Gasteiger partial charge in [0.15, 0.2) is 0 Å². The number of fused-ring (bicyclic) bond motifs is 1. The molecule has 2 heteroatoms. The molecule has 2 nitrogen and oxygen atoms in total. The maximum Gasteiger partial charge on any atom is 0.0936 e. The topological polar surface area (TPSA) is 24.9 Å². The fourth-order valence-corrected chi connectivity index (χ4v) is 2.29. The number of rotatable bonds is 4. The molecule has 0 saturated carbocycles. The minimum Gasteiger partial charge on any atom is -0.354 e. The van der Waals surface area contributed by atoms with Crippen molar-refractivity contribution in [3.63, 3.8) is 0 Å². The third kappa shape index (κ3) is 2.70. The van der Waals surface area contributed by atoms with Gasteiger partial charge >= 0.3 is 0 Å². The first-order valence-electron chi connectivity index (χ1n) is 6.80. The number of nitrogens with one attached hydrogen (secondary N) is 1. The summed E-state index contributed by atoms with van der Waals surface area (Å²) >= 11 is 0. The third-order valence-corrected chi connectivity index (χ3v) is 3.39. The van der Waals surface area contributed by atoms with Crippen LogP contribution in [0.3, 0.4) is 0 Å². The SMILES string of the molecule is C=Cc1cccc(C(=C)Nc2cccc3cccnc23)c1. The molecule has 0 radical (unpaired) electrons. The van der Waals surface area contributed by atoms with E-state index >= 15 is 0 Å². The predicted molar refractivity (Wildman–Crippen MR) is 90.9 cm³/mol. The van der Waals surface area contributed by atoms with Crippen LogP contribution in [0, 0.1) is 0 Å². The molecule has 1 N–H and O–H groups in total. The van der Waals surface area contributed by atoms with Crippen LogP contribution in [0.5, 0.6) is 0 Å². The number of aromatic nitrogens is 1. The molecule has 1 heterocycles. The van der Waals surface area contributed by atoms with Crippen LogP contribution in [-0.4, -0.2) is 4.98 Å². The molecule has 0 atom stereocenters. The van der Waals surface area contributed by atoms with E-state index in [0.29, 0.717) is 0 Å². The summed E-state index contributed by atoms with van der Waals surface area (Å²) in [6.45, 7) is 7.93. The number of anilines is 1. The van der Waals surface area contributed by atoms with Crippen LogP contribution in [0.25, 0.3) is 22.7 Å². The van der Waals surface area contributed by atoms with E-state index in [0.717, 1.165) is 33.4 Å². The fraction of sp³-hybridized carbons (Fsp3) is 0. The molecule has 0 spiro atoms. The van der Waals surface area contributed by atoms with E-state index in [2.05, 4.69) is 41.7 Å². The Morgan fingerprint density at radius 3 is 2.71 bits per heavy atom. The van der Waals surface area contributed by atoms with Gasteiger partial charge in [0.1, 0.15) is 0 Å². The maximum atomic E-state index is 4.44. The highest BCUT2D eigenvalue weighted by atomic mass is 14.9. The van der Waals surface area contributed by atoms with Gasteiger partial charge in [0, 0.05) is 17.3 Å². The number of benzene rings is 2. The lowest BCUT2D eigenvalue weighted by atomic mass is 10.1. The lowest BCUT2D eigenvalue weighted by molar-refractivity contribution is 1.40. The van der Waals surface area contributed by atoms with E-state index in [1.165, 1.54) is 0 Å². The van der Waals surface area contributed by atoms with Gasteiger partial charge in [-0.1, -0.05) is 55.6 Å². The third-order valence-electron chi connectivity index (χ3n) is 3.39. The van der Waals surface area contributed by atoms with Crippen molar-refractivity contribution in [1.29, 1.82) is 0 Å². The van der Waals surface area contributed by atoms with Crippen molar-refractivity contribution in [2.45, 2.75) is 0 Å². The number of para-hydroxylation sites is 1. The Labute approximate surface area is 124 Å². The van der Waals surface area contributed by atoms with E-state index in [1.54, 1.807) is 6.20 Å². The number of nitrogens with zero attached hydrogens (tertiary/aromatic N) is 1. The number of hydrogen-bond acceptors (Lipinski definition) is 2. The molecule has 102 valence electrons. The van der Waals surface area contributed by atoms with Crippen LogP contribution in [0.1, 0.15) is 11.1 Å². The van der Waals surface area contributed by atoms with Crippen molar-refractivity contribution < 1.29 is 0 Å². The Balaban J connectivity index is 1.94. The van der Waals surface area contributed by atoms with Crippen molar-refractivity contribution in [2.24, 2.45) is 0 Å². The van der Waals surface area contributed by atoms with Gasteiger partial charge < -0.3 is 5.32 Å². The summed E-state index contributed by atoms with van der Waals surface area (Å²) in [7, 11) is 0. The zero-order valence-electron chi connectivity index (χ0n) is 11.7. The zero-order valence-corrected chi connectivity index (χ0v) is 11.7. The van der Waals surface area contributed by atoms with Crippen LogP contribution in [0.2, 0.25) is 0 Å². The highest BCUT2D eigenvalue weighted by molar-refractivity contribution is 5.94. The van der Waals surface area contributed by atoms with Crippen LogP contribution in [0.4, 0.5) is 5.69 Å². The Bertz CT molecular complexity index is 813. The van der Waals surface area contributed by atoms with E-state index < -0.39 is 0 Å². The highest BCUT2D eigenvalue weighted by Crippen LogP contribution is 2.24. The smallest absolute Gasteiger partial charge is 0.0936 e. The summed E-state index contributed by atoms with van der Waals surface area (Å²) in [5.41, 5.74) is 4.87. The van der Waals surface area contributed by atoms with Gasteiger partial charge in [-0.05, 0) is 29.3 Å². The van der Waals surface area contributed by atoms with Gasteiger partial charge in [0.25, 0.3) is 0 Å². The molecule has 3 aromatic rings. The molecule has 0 aliphatic rings. The minimum atomic E-state index is 0.844. The molecule has 0 aliphatic carbocycles. The van der Waals surface area contributed by atoms with Crippen LogP contribution in [0.15, 0.2) is 74.0 Å². The van der Waals surface area contributed by atoms with Crippen molar-refractivity contribution in [1.82, 2.24) is 4.98 Å². The van der Waals surface area contributed by atoms with Gasteiger partial charge in [-0.25, -0.2) is 0 Å². The van der Waals surface area contributed by atoms with Gasteiger partial charge in [-0.3, -0.25) is 4.98 Å². The molecule has 2 aromatic carbocycles. The minimum absolute atomic E-state index is 0.844. The Kier molecular flexibility index (Phi) is 3.52. The summed E-state index contributed by atoms with van der Waals surface area (Å²) in [4.78, 5) is 4.44. The van der Waals surface area contributed by atoms with Gasteiger partial charge in [0.2, 0.25) is 0 Å². The number of pyridine rings is 1. The predicted octanol–water partition coefficient (Wildman–Crippen LogP) is 4.96. The van der Waals surface area contributed by atoms with E-state index in [4.69, 9.17) is 0 Å². The average Bonchev–Trinajstić information content (AvgIpc) is 2.55. The summed E-state index contributed by atoms with van der Waals surface area (Å²) in [5.74, 6) is 0. The molecule has 1 aromatic heterocycles. The molecular weight excluding hydrogens is 256 g/mol. The van der Waals surface area contributed by atoms with Gasteiger partial charge in [-0.15, -0.1) is 0 Å². The molecule has 0 unspecified atom stereocenters. The zero-order chi connectivity index (χ0) is 14.7. The second-order valence-corrected chi connectivity index (χ2v) is 4.81. The summed E-state index contributed by atoms with van der Waals surface area (Å²) < 4.78 is 0. The van der Waals surface area contributed by atoms with Crippen molar-refractivity contribution in [2.75, 3.05) is 5.32 Å². The Morgan fingerprint density at radius 1 is 1.05 bits per heavy atom. The van der Waals surface area contributed by atoms with E-state index in [-0.39, 0.29) is 0 Å². The molecule has 0 bridgehead atoms. The van der Waals surface area contributed by atoms with Gasteiger partial charge in [0.05, 0.1) is 11.2 Å². The van der Waals surface area contributed by atoms with Crippen molar-refractivity contribution in [3.05, 3.63) is 85.1 Å². The molecule has 0 amide bonds. The normalized spacial score (nSPS) is 10.3. The van der Waals surface area contributed by atoms with E-state index in [1.807, 2.05) is 42.5 Å². The highest BCUT2D eigenvalue weighted by Gasteiger charge is 2.04. The summed E-state index contributed by atoms with van der Waals surface area (Å²) in [5, 5.41) is 4.47. The second kappa shape index (κ2) is 5.63. The summed E-state index contributed by atoms with van der Waals surface area (Å²) in [6.07, 6.45) is 3.63.